The van der Waals surface area contributed by atoms with Crippen LogP contribution in [-0.4, -0.2) is 6.54 Å². The van der Waals surface area contributed by atoms with E-state index in [9.17, 15) is 4.39 Å². The fraction of sp³-hybridized carbons (Fsp3) is 0.333. The molecule has 2 rings (SSSR count). The van der Waals surface area contributed by atoms with Crippen molar-refractivity contribution in [2.24, 2.45) is 0 Å². The van der Waals surface area contributed by atoms with Crippen molar-refractivity contribution in [3.63, 3.8) is 0 Å². The highest BCUT2D eigenvalue weighted by Crippen LogP contribution is 2.29. The minimum Gasteiger partial charge on any atom is -0.310 e. The average molecular weight is 342 g/mol. The van der Waals surface area contributed by atoms with Crippen molar-refractivity contribution in [2.75, 3.05) is 6.54 Å². The number of halogens is 2. The van der Waals surface area contributed by atoms with Crippen LogP contribution in [0.15, 0.2) is 34.1 Å². The molecule has 1 unspecified atom stereocenters. The maximum absolute atomic E-state index is 13.5. The molecular weight excluding hydrogens is 325 g/mol. The van der Waals surface area contributed by atoms with Gasteiger partial charge in [0.25, 0.3) is 0 Å². The molecule has 1 atom stereocenters. The summed E-state index contributed by atoms with van der Waals surface area (Å²) in [6.45, 7) is 4.97. The fourth-order valence-corrected chi connectivity index (χ4v) is 3.74. The Labute approximate surface area is 126 Å². The minimum absolute atomic E-state index is 0.149. The quantitative estimate of drug-likeness (QED) is 0.819. The van der Waals surface area contributed by atoms with E-state index < -0.39 is 0 Å². The standard InChI is InChI=1S/C15H17BrFNS/c1-3-18-14(9-15-13(16)6-7-19-15)12-8-11(17)5-4-10(12)2/h4-8,14,18H,3,9H2,1-2H3. The van der Waals surface area contributed by atoms with Gasteiger partial charge in [0.2, 0.25) is 0 Å². The smallest absolute Gasteiger partial charge is 0.123 e. The van der Waals surface area contributed by atoms with Gasteiger partial charge in [-0.25, -0.2) is 4.39 Å². The lowest BCUT2D eigenvalue weighted by Gasteiger charge is -2.20. The highest BCUT2D eigenvalue weighted by molar-refractivity contribution is 9.10. The van der Waals surface area contributed by atoms with E-state index in [4.69, 9.17) is 0 Å². The number of aryl methyl sites for hydroxylation is 1. The van der Waals surface area contributed by atoms with Gasteiger partial charge in [-0.15, -0.1) is 11.3 Å². The number of hydrogen-bond donors (Lipinski definition) is 1. The first kappa shape index (κ1) is 14.7. The van der Waals surface area contributed by atoms with Crippen LogP contribution in [-0.2, 0) is 6.42 Å². The molecule has 0 aliphatic heterocycles. The van der Waals surface area contributed by atoms with Gasteiger partial charge >= 0.3 is 0 Å². The van der Waals surface area contributed by atoms with E-state index in [0.717, 1.165) is 28.6 Å². The van der Waals surface area contributed by atoms with Gasteiger partial charge in [-0.3, -0.25) is 0 Å². The minimum atomic E-state index is -0.172. The van der Waals surface area contributed by atoms with Gasteiger partial charge in [0.15, 0.2) is 0 Å². The molecule has 1 heterocycles. The summed E-state index contributed by atoms with van der Waals surface area (Å²) in [7, 11) is 0. The third kappa shape index (κ3) is 3.65. The maximum atomic E-state index is 13.5. The average Bonchev–Trinajstić information content (AvgIpc) is 2.78. The van der Waals surface area contributed by atoms with Gasteiger partial charge in [0, 0.05) is 21.8 Å². The molecule has 0 saturated carbocycles. The van der Waals surface area contributed by atoms with Crippen molar-refractivity contribution in [1.29, 1.82) is 0 Å². The predicted molar refractivity (Wildman–Crippen MR) is 83.3 cm³/mol. The van der Waals surface area contributed by atoms with Crippen molar-refractivity contribution in [3.8, 4) is 0 Å². The molecule has 2 aromatic rings. The van der Waals surface area contributed by atoms with Crippen LogP contribution in [0.3, 0.4) is 0 Å². The summed E-state index contributed by atoms with van der Waals surface area (Å²) in [5.74, 6) is -0.172. The van der Waals surface area contributed by atoms with Crippen LogP contribution in [0, 0.1) is 12.7 Å². The molecule has 0 aliphatic carbocycles. The van der Waals surface area contributed by atoms with E-state index >= 15 is 0 Å². The Bertz CT molecular complexity index is 553. The number of rotatable bonds is 5. The molecule has 0 fully saturated rings. The molecule has 1 nitrogen and oxygen atoms in total. The van der Waals surface area contributed by atoms with Crippen LogP contribution >= 0.6 is 27.3 Å². The zero-order chi connectivity index (χ0) is 13.8. The SMILES string of the molecule is CCNC(Cc1sccc1Br)c1cc(F)ccc1C. The molecule has 1 aromatic heterocycles. The van der Waals surface area contributed by atoms with E-state index in [2.05, 4.69) is 39.6 Å². The Hall–Kier alpha value is -0.710. The van der Waals surface area contributed by atoms with E-state index in [1.165, 1.54) is 10.9 Å². The van der Waals surface area contributed by atoms with Crippen molar-refractivity contribution in [3.05, 3.63) is 55.9 Å². The van der Waals surface area contributed by atoms with Crippen molar-refractivity contribution in [2.45, 2.75) is 26.3 Å². The van der Waals surface area contributed by atoms with Crippen LogP contribution in [0.1, 0.15) is 29.0 Å². The summed E-state index contributed by atoms with van der Waals surface area (Å²) < 4.78 is 14.6. The Kier molecular flexibility index (Phi) is 5.13. The Morgan fingerprint density at radius 3 is 2.79 bits per heavy atom. The third-order valence-corrected chi connectivity index (χ3v) is 5.10. The molecule has 0 spiro atoms. The first-order chi connectivity index (χ1) is 9.11. The zero-order valence-electron chi connectivity index (χ0n) is 11.0. The summed E-state index contributed by atoms with van der Waals surface area (Å²) in [5, 5.41) is 5.52. The van der Waals surface area contributed by atoms with Gasteiger partial charge in [-0.05, 0) is 64.1 Å². The number of thiophene rings is 1. The van der Waals surface area contributed by atoms with Crippen LogP contribution in [0.4, 0.5) is 4.39 Å². The van der Waals surface area contributed by atoms with Crippen LogP contribution in [0.5, 0.6) is 0 Å². The summed E-state index contributed by atoms with van der Waals surface area (Å²) in [6.07, 6.45) is 0.871. The van der Waals surface area contributed by atoms with Gasteiger partial charge in [0.05, 0.1) is 0 Å². The molecule has 0 radical (unpaired) electrons. The first-order valence-corrected chi connectivity index (χ1v) is 8.00. The monoisotopic (exact) mass is 341 g/mol. The van der Waals surface area contributed by atoms with Crippen LogP contribution < -0.4 is 5.32 Å². The van der Waals surface area contributed by atoms with E-state index in [0.29, 0.717) is 0 Å². The third-order valence-electron chi connectivity index (χ3n) is 3.15. The molecule has 102 valence electrons. The topological polar surface area (TPSA) is 12.0 Å². The molecule has 1 aromatic carbocycles. The number of likely N-dealkylation sites (N-methyl/N-ethyl adjacent to an activating group) is 1. The second-order valence-corrected chi connectivity index (χ2v) is 6.36. The van der Waals surface area contributed by atoms with Crippen LogP contribution in [0.2, 0.25) is 0 Å². The molecule has 19 heavy (non-hydrogen) atoms. The summed E-state index contributed by atoms with van der Waals surface area (Å²) in [4.78, 5) is 1.29. The lowest BCUT2D eigenvalue weighted by molar-refractivity contribution is 0.542. The van der Waals surface area contributed by atoms with Gasteiger partial charge < -0.3 is 5.32 Å². The largest absolute Gasteiger partial charge is 0.310 e. The molecule has 1 N–H and O–H groups in total. The second kappa shape index (κ2) is 6.64. The maximum Gasteiger partial charge on any atom is 0.123 e. The number of nitrogens with one attached hydrogen (secondary N) is 1. The Morgan fingerprint density at radius 2 is 2.16 bits per heavy atom. The van der Waals surface area contributed by atoms with E-state index in [1.54, 1.807) is 17.4 Å². The zero-order valence-corrected chi connectivity index (χ0v) is 13.4. The molecule has 0 amide bonds. The van der Waals surface area contributed by atoms with E-state index in [-0.39, 0.29) is 11.9 Å². The van der Waals surface area contributed by atoms with Crippen molar-refractivity contribution in [1.82, 2.24) is 5.32 Å². The Balaban J connectivity index is 2.29. The van der Waals surface area contributed by atoms with Crippen LogP contribution in [0.25, 0.3) is 0 Å². The van der Waals surface area contributed by atoms with Crippen molar-refractivity contribution >= 4 is 27.3 Å². The molecule has 0 bridgehead atoms. The predicted octanol–water partition coefficient (Wildman–Crippen LogP) is 4.85. The second-order valence-electron chi connectivity index (χ2n) is 4.51. The highest BCUT2D eigenvalue weighted by Gasteiger charge is 2.16. The van der Waals surface area contributed by atoms with Gasteiger partial charge in [-0.1, -0.05) is 13.0 Å². The number of hydrogen-bond acceptors (Lipinski definition) is 2. The highest BCUT2D eigenvalue weighted by atomic mass is 79.9. The summed E-state index contributed by atoms with van der Waals surface area (Å²) in [6, 6.07) is 7.21. The van der Waals surface area contributed by atoms with Gasteiger partial charge in [0.1, 0.15) is 5.82 Å². The van der Waals surface area contributed by atoms with Crippen molar-refractivity contribution < 1.29 is 4.39 Å². The lowest BCUT2D eigenvalue weighted by atomic mass is 9.98. The van der Waals surface area contributed by atoms with Gasteiger partial charge in [-0.2, -0.15) is 0 Å². The molecule has 0 saturated heterocycles. The lowest BCUT2D eigenvalue weighted by Crippen LogP contribution is -2.23. The number of benzene rings is 1. The summed E-state index contributed by atoms with van der Waals surface area (Å²) in [5.41, 5.74) is 2.17. The molecular formula is C15H17BrFNS. The molecule has 0 aliphatic rings. The normalized spacial score (nSPS) is 12.6. The first-order valence-electron chi connectivity index (χ1n) is 6.33. The molecule has 4 heteroatoms. The Morgan fingerprint density at radius 1 is 1.37 bits per heavy atom. The summed E-state index contributed by atoms with van der Waals surface area (Å²) >= 11 is 5.29. The fourth-order valence-electron chi connectivity index (χ4n) is 2.18. The van der Waals surface area contributed by atoms with E-state index in [1.807, 2.05) is 13.0 Å².